The van der Waals surface area contributed by atoms with Crippen LogP contribution in [0.3, 0.4) is 0 Å². The number of aromatic nitrogens is 2. The maximum Gasteiger partial charge on any atom is 0.244 e. The zero-order valence-electron chi connectivity index (χ0n) is 14.0. The van der Waals surface area contributed by atoms with Crippen molar-refractivity contribution in [2.24, 2.45) is 5.10 Å². The summed E-state index contributed by atoms with van der Waals surface area (Å²) < 4.78 is 0. The molecule has 5 nitrogen and oxygen atoms in total. The molecule has 1 heterocycles. The highest BCUT2D eigenvalue weighted by Gasteiger charge is 2.10. The van der Waals surface area contributed by atoms with E-state index in [-0.39, 0.29) is 12.3 Å². The van der Waals surface area contributed by atoms with Gasteiger partial charge in [0.25, 0.3) is 0 Å². The van der Waals surface area contributed by atoms with Crippen molar-refractivity contribution in [1.29, 1.82) is 0 Å². The summed E-state index contributed by atoms with van der Waals surface area (Å²) in [5.41, 5.74) is 6.82. The van der Waals surface area contributed by atoms with Crippen molar-refractivity contribution in [3.8, 4) is 11.3 Å². The third-order valence-electron chi connectivity index (χ3n) is 3.80. The first-order valence-electron chi connectivity index (χ1n) is 7.90. The highest BCUT2D eigenvalue weighted by molar-refractivity contribution is 6.36. The SMILES string of the molecule is Cc1ccc(-c2[nH]ncc2C=NNC(=O)Cc2c(Cl)cccc2Cl)cc1. The quantitative estimate of drug-likeness (QED) is 0.504. The number of hydrogen-bond donors (Lipinski definition) is 2. The molecule has 0 unspecified atom stereocenters. The van der Waals surface area contributed by atoms with Crippen LogP contribution in [0.25, 0.3) is 11.3 Å². The van der Waals surface area contributed by atoms with Gasteiger partial charge in [0.1, 0.15) is 0 Å². The Hall–Kier alpha value is -2.63. The van der Waals surface area contributed by atoms with E-state index in [0.29, 0.717) is 15.6 Å². The first-order chi connectivity index (χ1) is 12.5. The third-order valence-corrected chi connectivity index (χ3v) is 4.51. The molecule has 1 aromatic heterocycles. The number of aromatic amines is 1. The molecule has 0 radical (unpaired) electrons. The van der Waals surface area contributed by atoms with Crippen molar-refractivity contribution in [1.82, 2.24) is 15.6 Å². The molecule has 0 bridgehead atoms. The Balaban J connectivity index is 1.67. The van der Waals surface area contributed by atoms with Gasteiger partial charge in [0.2, 0.25) is 5.91 Å². The molecule has 0 saturated heterocycles. The van der Waals surface area contributed by atoms with Crippen LogP contribution in [0.5, 0.6) is 0 Å². The first-order valence-corrected chi connectivity index (χ1v) is 8.65. The van der Waals surface area contributed by atoms with Crippen LogP contribution in [0.4, 0.5) is 0 Å². The number of hydrogen-bond acceptors (Lipinski definition) is 3. The molecule has 3 aromatic rings. The maximum absolute atomic E-state index is 12.1. The van der Waals surface area contributed by atoms with Crippen LogP contribution in [0, 0.1) is 6.92 Å². The van der Waals surface area contributed by atoms with Crippen LogP contribution in [0.1, 0.15) is 16.7 Å². The van der Waals surface area contributed by atoms with E-state index < -0.39 is 0 Å². The number of amides is 1. The molecular weight excluding hydrogens is 371 g/mol. The third kappa shape index (κ3) is 4.31. The molecule has 1 amide bonds. The molecule has 0 aliphatic heterocycles. The molecule has 0 fully saturated rings. The average molecular weight is 387 g/mol. The molecule has 132 valence electrons. The van der Waals surface area contributed by atoms with E-state index in [1.165, 1.54) is 5.56 Å². The van der Waals surface area contributed by atoms with Gasteiger partial charge in [-0.25, -0.2) is 5.43 Å². The normalized spacial score (nSPS) is 11.0. The highest BCUT2D eigenvalue weighted by Crippen LogP contribution is 2.24. The second kappa shape index (κ2) is 8.17. The Morgan fingerprint density at radius 1 is 1.19 bits per heavy atom. The van der Waals surface area contributed by atoms with Crippen molar-refractivity contribution in [2.75, 3.05) is 0 Å². The minimum absolute atomic E-state index is 0.0477. The van der Waals surface area contributed by atoms with Gasteiger partial charge in [-0.15, -0.1) is 0 Å². The van der Waals surface area contributed by atoms with E-state index in [4.69, 9.17) is 23.2 Å². The van der Waals surface area contributed by atoms with Gasteiger partial charge in [0.15, 0.2) is 0 Å². The fourth-order valence-electron chi connectivity index (χ4n) is 2.42. The Morgan fingerprint density at radius 2 is 1.88 bits per heavy atom. The summed E-state index contributed by atoms with van der Waals surface area (Å²) in [7, 11) is 0. The lowest BCUT2D eigenvalue weighted by molar-refractivity contribution is -0.120. The summed E-state index contributed by atoms with van der Waals surface area (Å²) in [5, 5.41) is 11.9. The van der Waals surface area contributed by atoms with Crippen LogP contribution in [0.2, 0.25) is 10.0 Å². The molecule has 0 aliphatic rings. The Morgan fingerprint density at radius 3 is 2.58 bits per heavy atom. The lowest BCUT2D eigenvalue weighted by Gasteiger charge is -2.05. The largest absolute Gasteiger partial charge is 0.277 e. The molecule has 2 aromatic carbocycles. The smallest absolute Gasteiger partial charge is 0.244 e. The molecule has 0 saturated carbocycles. The van der Waals surface area contributed by atoms with E-state index in [9.17, 15) is 4.79 Å². The van der Waals surface area contributed by atoms with Gasteiger partial charge >= 0.3 is 0 Å². The highest BCUT2D eigenvalue weighted by atomic mass is 35.5. The Kier molecular flexibility index (Phi) is 5.71. The molecular formula is C19H16Cl2N4O. The number of H-pyrrole nitrogens is 1. The van der Waals surface area contributed by atoms with Crippen molar-refractivity contribution in [3.63, 3.8) is 0 Å². The van der Waals surface area contributed by atoms with E-state index in [2.05, 4.69) is 20.7 Å². The Labute approximate surface area is 161 Å². The van der Waals surface area contributed by atoms with Gasteiger partial charge in [-0.2, -0.15) is 10.2 Å². The number of nitrogens with zero attached hydrogens (tertiary/aromatic N) is 2. The molecule has 0 atom stereocenters. The monoisotopic (exact) mass is 386 g/mol. The summed E-state index contributed by atoms with van der Waals surface area (Å²) in [6.45, 7) is 2.03. The van der Waals surface area contributed by atoms with Crippen molar-refractivity contribution < 1.29 is 4.79 Å². The van der Waals surface area contributed by atoms with E-state index in [1.807, 2.05) is 31.2 Å². The summed E-state index contributed by atoms with van der Waals surface area (Å²) in [6, 6.07) is 13.2. The molecule has 0 aliphatic carbocycles. The summed E-state index contributed by atoms with van der Waals surface area (Å²) in [4.78, 5) is 12.1. The lowest BCUT2D eigenvalue weighted by Crippen LogP contribution is -2.20. The fourth-order valence-corrected chi connectivity index (χ4v) is 2.95. The maximum atomic E-state index is 12.1. The number of hydrazone groups is 1. The first kappa shape index (κ1) is 18.2. The topological polar surface area (TPSA) is 70.1 Å². The molecule has 2 N–H and O–H groups in total. The number of benzene rings is 2. The minimum atomic E-state index is -0.309. The average Bonchev–Trinajstić information content (AvgIpc) is 3.07. The summed E-state index contributed by atoms with van der Waals surface area (Å²) in [6.07, 6.45) is 3.24. The van der Waals surface area contributed by atoms with Crippen LogP contribution in [-0.2, 0) is 11.2 Å². The second-order valence-corrected chi connectivity index (χ2v) is 6.55. The predicted molar refractivity (Wildman–Crippen MR) is 105 cm³/mol. The van der Waals surface area contributed by atoms with Gasteiger partial charge < -0.3 is 0 Å². The van der Waals surface area contributed by atoms with E-state index in [0.717, 1.165) is 16.8 Å². The molecule has 3 rings (SSSR count). The van der Waals surface area contributed by atoms with Crippen molar-refractivity contribution in [2.45, 2.75) is 13.3 Å². The van der Waals surface area contributed by atoms with Crippen molar-refractivity contribution in [3.05, 3.63) is 75.4 Å². The van der Waals surface area contributed by atoms with Crippen molar-refractivity contribution >= 4 is 35.3 Å². The van der Waals surface area contributed by atoms with Gasteiger partial charge in [-0.1, -0.05) is 59.1 Å². The standard InChI is InChI=1S/C19H16Cl2N4O/c1-12-5-7-13(8-6-12)19-14(11-23-25-19)10-22-24-18(26)9-15-16(20)3-2-4-17(15)21/h2-8,10-11H,9H2,1H3,(H,23,25)(H,24,26). The number of carbonyl (C=O) groups excluding carboxylic acids is 1. The number of rotatable bonds is 5. The van der Waals surface area contributed by atoms with E-state index in [1.54, 1.807) is 30.6 Å². The lowest BCUT2D eigenvalue weighted by atomic mass is 10.1. The summed E-state index contributed by atoms with van der Waals surface area (Å²) in [5.74, 6) is -0.309. The van der Waals surface area contributed by atoms with Crippen LogP contribution in [-0.4, -0.2) is 22.3 Å². The van der Waals surface area contributed by atoms with E-state index >= 15 is 0 Å². The zero-order chi connectivity index (χ0) is 18.5. The Bertz CT molecular complexity index is 928. The van der Waals surface area contributed by atoms with Crippen LogP contribution < -0.4 is 5.43 Å². The second-order valence-electron chi connectivity index (χ2n) is 5.74. The van der Waals surface area contributed by atoms with Crippen LogP contribution in [0.15, 0.2) is 53.8 Å². The molecule has 0 spiro atoms. The fraction of sp³-hybridized carbons (Fsp3) is 0.105. The number of aryl methyl sites for hydroxylation is 1. The minimum Gasteiger partial charge on any atom is -0.277 e. The predicted octanol–water partition coefficient (Wildman–Crippen LogP) is 4.38. The van der Waals surface area contributed by atoms with Gasteiger partial charge in [-0.3, -0.25) is 9.89 Å². The summed E-state index contributed by atoms with van der Waals surface area (Å²) >= 11 is 12.1. The zero-order valence-corrected chi connectivity index (χ0v) is 15.5. The number of halogens is 2. The van der Waals surface area contributed by atoms with Crippen LogP contribution >= 0.6 is 23.2 Å². The van der Waals surface area contributed by atoms with Gasteiger partial charge in [0.05, 0.1) is 24.5 Å². The molecule has 26 heavy (non-hydrogen) atoms. The van der Waals surface area contributed by atoms with Gasteiger partial charge in [-0.05, 0) is 24.6 Å². The number of nitrogens with one attached hydrogen (secondary N) is 2. The number of carbonyl (C=O) groups is 1. The molecule has 7 heteroatoms. The van der Waals surface area contributed by atoms with Gasteiger partial charge in [0, 0.05) is 21.2 Å².